The summed E-state index contributed by atoms with van der Waals surface area (Å²) in [6.07, 6.45) is 5.13. The molecule has 10 heteroatoms. The molecule has 1 aliphatic heterocycles. The number of hydrogen-bond acceptors (Lipinski definition) is 8. The maximum Gasteiger partial charge on any atom is 0.257 e. The molecule has 5 aromatic rings. The number of aromatic hydroxyl groups is 1. The molecule has 1 fully saturated rings. The lowest BCUT2D eigenvalue weighted by atomic mass is 10.1. The maximum absolute atomic E-state index is 11.1. The first kappa shape index (κ1) is 21.2. The Hall–Kier alpha value is -4.31. The summed E-state index contributed by atoms with van der Waals surface area (Å²) in [6, 6.07) is 13.5. The maximum atomic E-state index is 11.1. The van der Waals surface area contributed by atoms with Crippen LogP contribution in [0.25, 0.3) is 39.6 Å². The van der Waals surface area contributed by atoms with E-state index in [1.807, 2.05) is 42.5 Å². The van der Waals surface area contributed by atoms with Crippen LogP contribution in [0.1, 0.15) is 6.92 Å². The van der Waals surface area contributed by atoms with Gasteiger partial charge < -0.3 is 19.3 Å². The van der Waals surface area contributed by atoms with Gasteiger partial charge in [-0.05, 0) is 24.6 Å². The first-order chi connectivity index (χ1) is 17.2. The number of rotatable bonds is 5. The molecule has 4 aromatic heterocycles. The highest BCUT2D eigenvalue weighted by atomic mass is 16.5. The van der Waals surface area contributed by atoms with Crippen molar-refractivity contribution in [2.75, 3.05) is 31.2 Å². The summed E-state index contributed by atoms with van der Waals surface area (Å²) in [6.45, 7) is 5.31. The second-order valence-corrected chi connectivity index (χ2v) is 8.19. The van der Waals surface area contributed by atoms with E-state index in [0.29, 0.717) is 55.4 Å². The van der Waals surface area contributed by atoms with Crippen molar-refractivity contribution in [3.8, 4) is 34.3 Å². The summed E-state index contributed by atoms with van der Waals surface area (Å²) >= 11 is 0. The molecule has 35 heavy (non-hydrogen) atoms. The highest BCUT2D eigenvalue weighted by Crippen LogP contribution is 2.33. The van der Waals surface area contributed by atoms with Gasteiger partial charge in [-0.25, -0.2) is 4.98 Å². The molecular weight excluding hydrogens is 444 g/mol. The van der Waals surface area contributed by atoms with E-state index in [2.05, 4.69) is 26.5 Å². The van der Waals surface area contributed by atoms with Crippen LogP contribution in [0.3, 0.4) is 0 Å². The van der Waals surface area contributed by atoms with E-state index in [-0.39, 0.29) is 11.8 Å². The predicted molar refractivity (Wildman–Crippen MR) is 131 cm³/mol. The molecule has 1 saturated heterocycles. The third-order valence-electron chi connectivity index (χ3n) is 6.15. The molecule has 176 valence electrons. The standard InChI is InChI=1S/C25H24N8O2/c1-2-32-21(18-8-10-26-11-9-18)28-20-22(31-12-14-35-15-13-31)29-25(30-23(20)32)33-24(34)19(16-27-33)17-6-4-3-5-7-17/h3-11,16,34H,2,12-15H2,1H3. The lowest BCUT2D eigenvalue weighted by molar-refractivity contribution is 0.122. The fraction of sp³-hybridized carbons (Fsp3) is 0.240. The van der Waals surface area contributed by atoms with Crippen LogP contribution in [0, 0.1) is 0 Å². The number of pyridine rings is 1. The molecule has 10 nitrogen and oxygen atoms in total. The Morgan fingerprint density at radius 2 is 1.71 bits per heavy atom. The molecule has 0 radical (unpaired) electrons. The number of hydrogen-bond donors (Lipinski definition) is 1. The molecule has 1 aromatic carbocycles. The van der Waals surface area contributed by atoms with Crippen molar-refractivity contribution >= 4 is 17.0 Å². The molecule has 1 aliphatic rings. The van der Waals surface area contributed by atoms with Gasteiger partial charge >= 0.3 is 0 Å². The molecule has 0 bridgehead atoms. The Morgan fingerprint density at radius 1 is 0.943 bits per heavy atom. The van der Waals surface area contributed by atoms with Crippen molar-refractivity contribution in [1.29, 1.82) is 0 Å². The second-order valence-electron chi connectivity index (χ2n) is 8.19. The molecular formula is C25H24N8O2. The van der Waals surface area contributed by atoms with Crippen molar-refractivity contribution in [3.63, 3.8) is 0 Å². The van der Waals surface area contributed by atoms with Gasteiger partial charge in [-0.15, -0.1) is 0 Å². The van der Waals surface area contributed by atoms with Crippen molar-refractivity contribution in [3.05, 3.63) is 61.1 Å². The summed E-state index contributed by atoms with van der Waals surface area (Å²) in [5, 5.41) is 15.5. The van der Waals surface area contributed by atoms with Gasteiger partial charge in [0.15, 0.2) is 17.0 Å². The quantitative estimate of drug-likeness (QED) is 0.419. The zero-order valence-corrected chi connectivity index (χ0v) is 19.2. The Balaban J connectivity index is 1.57. The van der Waals surface area contributed by atoms with Gasteiger partial charge in [0.1, 0.15) is 5.82 Å². The van der Waals surface area contributed by atoms with Gasteiger partial charge in [0.05, 0.1) is 25.0 Å². The number of morpholine rings is 1. The van der Waals surface area contributed by atoms with E-state index in [0.717, 1.165) is 17.0 Å². The van der Waals surface area contributed by atoms with Gasteiger partial charge in [-0.1, -0.05) is 30.3 Å². The molecule has 1 N–H and O–H groups in total. The first-order valence-electron chi connectivity index (χ1n) is 11.6. The smallest absolute Gasteiger partial charge is 0.257 e. The Kier molecular flexibility index (Phi) is 5.34. The van der Waals surface area contributed by atoms with Gasteiger partial charge in [-0.2, -0.15) is 19.7 Å². The van der Waals surface area contributed by atoms with Gasteiger partial charge in [0.2, 0.25) is 5.88 Å². The van der Waals surface area contributed by atoms with E-state index in [1.165, 1.54) is 4.68 Å². The summed E-state index contributed by atoms with van der Waals surface area (Å²) in [7, 11) is 0. The molecule has 6 rings (SSSR count). The van der Waals surface area contributed by atoms with Crippen molar-refractivity contribution in [1.82, 2.24) is 34.3 Å². The largest absolute Gasteiger partial charge is 0.493 e. The highest BCUT2D eigenvalue weighted by molar-refractivity contribution is 5.88. The monoisotopic (exact) mass is 468 g/mol. The molecule has 0 unspecified atom stereocenters. The molecule has 0 amide bonds. The van der Waals surface area contributed by atoms with Gasteiger partial charge in [0, 0.05) is 37.6 Å². The minimum atomic E-state index is -0.0135. The van der Waals surface area contributed by atoms with Crippen LogP contribution in [0.5, 0.6) is 5.88 Å². The van der Waals surface area contributed by atoms with E-state index in [1.54, 1.807) is 18.6 Å². The lowest BCUT2D eigenvalue weighted by Crippen LogP contribution is -2.37. The average molecular weight is 469 g/mol. The van der Waals surface area contributed by atoms with E-state index in [9.17, 15) is 5.11 Å². The van der Waals surface area contributed by atoms with Crippen LogP contribution in [0.4, 0.5) is 5.82 Å². The number of benzene rings is 1. The number of aryl methyl sites for hydroxylation is 1. The number of ether oxygens (including phenoxy) is 1. The minimum Gasteiger partial charge on any atom is -0.493 e. The summed E-state index contributed by atoms with van der Waals surface area (Å²) in [5.74, 6) is 1.77. The SMILES string of the molecule is CCn1c(-c2ccncc2)nc2c(N3CCOCC3)nc(-n3ncc(-c4ccccc4)c3O)nc21. The molecule has 0 aliphatic carbocycles. The number of aromatic nitrogens is 7. The van der Waals surface area contributed by atoms with E-state index >= 15 is 0 Å². The van der Waals surface area contributed by atoms with Crippen LogP contribution >= 0.6 is 0 Å². The van der Waals surface area contributed by atoms with Crippen LogP contribution < -0.4 is 4.90 Å². The number of fused-ring (bicyclic) bond motifs is 1. The highest BCUT2D eigenvalue weighted by Gasteiger charge is 2.25. The fourth-order valence-corrected chi connectivity index (χ4v) is 4.40. The van der Waals surface area contributed by atoms with Gasteiger partial charge in [0.25, 0.3) is 5.95 Å². The van der Waals surface area contributed by atoms with E-state index < -0.39 is 0 Å². The number of nitrogens with zero attached hydrogens (tertiary/aromatic N) is 8. The summed E-state index contributed by atoms with van der Waals surface area (Å²) in [5.41, 5.74) is 3.82. The summed E-state index contributed by atoms with van der Waals surface area (Å²) < 4.78 is 9.00. The fourth-order valence-electron chi connectivity index (χ4n) is 4.40. The topological polar surface area (TPSA) is 107 Å². The predicted octanol–water partition coefficient (Wildman–Crippen LogP) is 3.30. The normalized spacial score (nSPS) is 14.0. The summed E-state index contributed by atoms with van der Waals surface area (Å²) in [4.78, 5) is 21.0. The van der Waals surface area contributed by atoms with Crippen molar-refractivity contribution in [2.45, 2.75) is 13.5 Å². The van der Waals surface area contributed by atoms with Crippen LogP contribution in [-0.2, 0) is 11.3 Å². The van der Waals surface area contributed by atoms with Crippen molar-refractivity contribution < 1.29 is 9.84 Å². The van der Waals surface area contributed by atoms with Crippen LogP contribution in [-0.4, -0.2) is 65.7 Å². The third kappa shape index (κ3) is 3.68. The van der Waals surface area contributed by atoms with Gasteiger partial charge in [-0.3, -0.25) is 4.98 Å². The van der Waals surface area contributed by atoms with Crippen molar-refractivity contribution in [2.24, 2.45) is 0 Å². The third-order valence-corrected chi connectivity index (χ3v) is 6.15. The molecule has 5 heterocycles. The number of imidazole rings is 1. The van der Waals surface area contributed by atoms with Crippen LogP contribution in [0.15, 0.2) is 61.1 Å². The zero-order valence-electron chi connectivity index (χ0n) is 19.2. The second kappa shape index (κ2) is 8.80. The molecule has 0 atom stereocenters. The zero-order chi connectivity index (χ0) is 23.8. The molecule has 0 saturated carbocycles. The Labute approximate surface area is 201 Å². The lowest BCUT2D eigenvalue weighted by Gasteiger charge is -2.28. The minimum absolute atomic E-state index is 0.0135. The Bertz CT molecular complexity index is 1470. The first-order valence-corrected chi connectivity index (χ1v) is 11.6. The molecule has 0 spiro atoms. The number of anilines is 1. The van der Waals surface area contributed by atoms with E-state index in [4.69, 9.17) is 19.7 Å². The Morgan fingerprint density at radius 3 is 2.46 bits per heavy atom. The average Bonchev–Trinajstić information content (AvgIpc) is 3.50. The van der Waals surface area contributed by atoms with Crippen LogP contribution in [0.2, 0.25) is 0 Å².